The maximum Gasteiger partial charge on any atom is 0.253 e. The van der Waals surface area contributed by atoms with Gasteiger partial charge in [-0.15, -0.1) is 0 Å². The van der Waals surface area contributed by atoms with Gasteiger partial charge in [-0.25, -0.2) is 4.39 Å². The Kier molecular flexibility index (Phi) is 2.72. The minimum Gasteiger partial charge on any atom is -0.366 e. The first-order valence-electron chi connectivity index (χ1n) is 4.87. The van der Waals surface area contributed by atoms with Gasteiger partial charge < -0.3 is 10.3 Å². The molecule has 2 N–H and O–H groups in total. The van der Waals surface area contributed by atoms with E-state index in [1.165, 1.54) is 12.1 Å². The van der Waals surface area contributed by atoms with E-state index in [2.05, 4.69) is 10.3 Å². The third-order valence-corrected chi connectivity index (χ3v) is 2.37. The molecule has 2 rings (SSSR count). The molecule has 2 aromatic rings. The van der Waals surface area contributed by atoms with Gasteiger partial charge in [-0.05, 0) is 17.7 Å². The molecule has 0 aliphatic heterocycles. The topological polar surface area (TPSA) is 44.9 Å². The van der Waals surface area contributed by atoms with Crippen LogP contribution in [0.15, 0.2) is 36.7 Å². The summed E-state index contributed by atoms with van der Waals surface area (Å²) in [5.41, 5.74) is 2.12. The Labute approximate surface area is 92.3 Å². The number of rotatable bonds is 2. The van der Waals surface area contributed by atoms with Crippen LogP contribution in [0, 0.1) is 5.82 Å². The number of nitrogens with one attached hydrogen (secondary N) is 2. The maximum atomic E-state index is 12.8. The van der Waals surface area contributed by atoms with Crippen LogP contribution < -0.4 is 5.32 Å². The minimum absolute atomic E-state index is 0.166. The van der Waals surface area contributed by atoms with E-state index in [0.29, 0.717) is 5.56 Å². The average molecular weight is 218 g/mol. The highest BCUT2D eigenvalue weighted by atomic mass is 19.1. The van der Waals surface area contributed by atoms with Gasteiger partial charge in [0.25, 0.3) is 5.91 Å². The van der Waals surface area contributed by atoms with E-state index in [4.69, 9.17) is 0 Å². The van der Waals surface area contributed by atoms with E-state index < -0.39 is 0 Å². The zero-order chi connectivity index (χ0) is 11.5. The molecule has 1 amide bonds. The lowest BCUT2D eigenvalue weighted by molar-refractivity contribution is 0.0964. The lowest BCUT2D eigenvalue weighted by Crippen LogP contribution is -2.17. The molecule has 4 heteroatoms. The molecule has 0 aliphatic rings. The van der Waals surface area contributed by atoms with Gasteiger partial charge in [0.2, 0.25) is 0 Å². The normalized spacial score (nSPS) is 10.1. The van der Waals surface area contributed by atoms with Gasteiger partial charge in [0, 0.05) is 25.0 Å². The molecule has 3 nitrogen and oxygen atoms in total. The molecule has 16 heavy (non-hydrogen) atoms. The smallest absolute Gasteiger partial charge is 0.253 e. The first kappa shape index (κ1) is 10.4. The molecule has 1 aromatic carbocycles. The summed E-state index contributed by atoms with van der Waals surface area (Å²) in [7, 11) is 1.57. The fraction of sp³-hybridized carbons (Fsp3) is 0.0833. The number of H-pyrrole nitrogens is 1. The largest absolute Gasteiger partial charge is 0.366 e. The maximum absolute atomic E-state index is 12.8. The van der Waals surface area contributed by atoms with Crippen molar-refractivity contribution in [2.45, 2.75) is 0 Å². The number of carbonyl (C=O) groups is 1. The summed E-state index contributed by atoms with van der Waals surface area (Å²) in [6.45, 7) is 0. The van der Waals surface area contributed by atoms with E-state index in [0.717, 1.165) is 11.1 Å². The van der Waals surface area contributed by atoms with Crippen LogP contribution in [0.4, 0.5) is 4.39 Å². The van der Waals surface area contributed by atoms with Crippen LogP contribution in [0.3, 0.4) is 0 Å². The van der Waals surface area contributed by atoms with E-state index >= 15 is 0 Å². The van der Waals surface area contributed by atoms with Crippen LogP contribution >= 0.6 is 0 Å². The van der Waals surface area contributed by atoms with E-state index in [9.17, 15) is 9.18 Å². The third-order valence-electron chi connectivity index (χ3n) is 2.37. The fourth-order valence-corrected chi connectivity index (χ4v) is 1.55. The van der Waals surface area contributed by atoms with Crippen molar-refractivity contribution in [2.75, 3.05) is 7.05 Å². The van der Waals surface area contributed by atoms with Gasteiger partial charge in [0.15, 0.2) is 0 Å². The van der Waals surface area contributed by atoms with Crippen molar-refractivity contribution in [1.29, 1.82) is 0 Å². The Bertz CT molecular complexity index is 502. The number of hydrogen-bond donors (Lipinski definition) is 2. The van der Waals surface area contributed by atoms with Crippen LogP contribution in [0.25, 0.3) is 11.1 Å². The lowest BCUT2D eigenvalue weighted by atomic mass is 10.0. The lowest BCUT2D eigenvalue weighted by Gasteiger charge is -2.02. The second kappa shape index (κ2) is 4.18. The zero-order valence-electron chi connectivity index (χ0n) is 8.75. The second-order valence-electron chi connectivity index (χ2n) is 3.37. The molecule has 0 aliphatic carbocycles. The van der Waals surface area contributed by atoms with Gasteiger partial charge >= 0.3 is 0 Å². The molecule has 0 saturated carbocycles. The summed E-state index contributed by atoms with van der Waals surface area (Å²) >= 11 is 0. The predicted molar refractivity (Wildman–Crippen MR) is 59.6 cm³/mol. The summed E-state index contributed by atoms with van der Waals surface area (Å²) in [6.07, 6.45) is 3.34. The van der Waals surface area contributed by atoms with Gasteiger partial charge in [0.1, 0.15) is 5.82 Å². The van der Waals surface area contributed by atoms with Crippen molar-refractivity contribution in [1.82, 2.24) is 10.3 Å². The summed E-state index contributed by atoms with van der Waals surface area (Å²) in [5, 5.41) is 2.56. The molecule has 0 radical (unpaired) electrons. The van der Waals surface area contributed by atoms with E-state index in [1.807, 2.05) is 0 Å². The van der Waals surface area contributed by atoms with Crippen LogP contribution in [0.2, 0.25) is 0 Å². The average Bonchev–Trinajstić information content (AvgIpc) is 2.78. The Morgan fingerprint density at radius 1 is 1.25 bits per heavy atom. The molecule has 1 aromatic heterocycles. The van der Waals surface area contributed by atoms with Crippen LogP contribution in [-0.2, 0) is 0 Å². The molecule has 0 unspecified atom stereocenters. The summed E-state index contributed by atoms with van der Waals surface area (Å²) in [5.74, 6) is -0.457. The number of hydrogen-bond acceptors (Lipinski definition) is 1. The second-order valence-corrected chi connectivity index (χ2v) is 3.37. The highest BCUT2D eigenvalue weighted by molar-refractivity contribution is 6.00. The molecule has 0 bridgehead atoms. The highest BCUT2D eigenvalue weighted by Crippen LogP contribution is 2.23. The van der Waals surface area contributed by atoms with Gasteiger partial charge in [-0.2, -0.15) is 0 Å². The number of aromatic amines is 1. The highest BCUT2D eigenvalue weighted by Gasteiger charge is 2.12. The van der Waals surface area contributed by atoms with Gasteiger partial charge in [0.05, 0.1) is 5.56 Å². The number of carbonyl (C=O) groups excluding carboxylic acids is 1. The molecule has 0 fully saturated rings. The van der Waals surface area contributed by atoms with E-state index in [1.54, 1.807) is 31.6 Å². The number of amides is 1. The number of halogens is 1. The van der Waals surface area contributed by atoms with Crippen LogP contribution in [0.5, 0.6) is 0 Å². The summed E-state index contributed by atoms with van der Waals surface area (Å²) in [6, 6.07) is 6.03. The van der Waals surface area contributed by atoms with E-state index in [-0.39, 0.29) is 11.7 Å². The number of aromatic nitrogens is 1. The van der Waals surface area contributed by atoms with Crippen molar-refractivity contribution in [3.05, 3.63) is 48.0 Å². The van der Waals surface area contributed by atoms with Crippen molar-refractivity contribution in [2.24, 2.45) is 0 Å². The number of benzene rings is 1. The standard InChI is InChI=1S/C12H11FN2O/c1-14-12(16)11-7-15-6-10(11)8-2-4-9(13)5-3-8/h2-7,15H,1H3,(H,14,16). The Hall–Kier alpha value is -2.10. The van der Waals surface area contributed by atoms with Crippen molar-refractivity contribution in [3.8, 4) is 11.1 Å². The SMILES string of the molecule is CNC(=O)c1c[nH]cc1-c1ccc(F)cc1. The van der Waals surface area contributed by atoms with Crippen molar-refractivity contribution >= 4 is 5.91 Å². The zero-order valence-corrected chi connectivity index (χ0v) is 8.75. The molecule has 1 heterocycles. The van der Waals surface area contributed by atoms with Gasteiger partial charge in [-0.3, -0.25) is 4.79 Å². The molecule has 0 saturated heterocycles. The molecular weight excluding hydrogens is 207 g/mol. The summed E-state index contributed by atoms with van der Waals surface area (Å²) in [4.78, 5) is 14.4. The fourth-order valence-electron chi connectivity index (χ4n) is 1.55. The Morgan fingerprint density at radius 2 is 1.94 bits per heavy atom. The van der Waals surface area contributed by atoms with Crippen molar-refractivity contribution in [3.63, 3.8) is 0 Å². The first-order valence-corrected chi connectivity index (χ1v) is 4.87. The molecule has 82 valence electrons. The Morgan fingerprint density at radius 3 is 2.56 bits per heavy atom. The molecular formula is C12H11FN2O. The molecule has 0 atom stereocenters. The first-order chi connectivity index (χ1) is 7.72. The molecule has 0 spiro atoms. The monoisotopic (exact) mass is 218 g/mol. The summed E-state index contributed by atoms with van der Waals surface area (Å²) < 4.78 is 12.8. The predicted octanol–water partition coefficient (Wildman–Crippen LogP) is 2.18. The van der Waals surface area contributed by atoms with Crippen LogP contribution in [-0.4, -0.2) is 17.9 Å². The quantitative estimate of drug-likeness (QED) is 0.797. The third kappa shape index (κ3) is 1.82. The van der Waals surface area contributed by atoms with Crippen LogP contribution in [0.1, 0.15) is 10.4 Å². The van der Waals surface area contributed by atoms with Crippen molar-refractivity contribution < 1.29 is 9.18 Å². The van der Waals surface area contributed by atoms with Gasteiger partial charge in [-0.1, -0.05) is 12.1 Å². The minimum atomic E-state index is -0.291. The Balaban J connectivity index is 2.44.